The summed E-state index contributed by atoms with van der Waals surface area (Å²) < 4.78 is 59.8. The van der Waals surface area contributed by atoms with Crippen LogP contribution in [0.25, 0.3) is 10.9 Å². The van der Waals surface area contributed by atoms with Crippen LogP contribution in [0.1, 0.15) is 36.8 Å². The molecule has 0 bridgehead atoms. The molecule has 3 N–H and O–H groups in total. The Labute approximate surface area is 266 Å². The van der Waals surface area contributed by atoms with Gasteiger partial charge in [0, 0.05) is 32.1 Å². The van der Waals surface area contributed by atoms with Gasteiger partial charge in [0.15, 0.2) is 0 Å². The number of para-hydroxylation sites is 1. The number of nitrogens with one attached hydrogen (secondary N) is 2. The minimum absolute atomic E-state index is 0.329. The third kappa shape index (κ3) is 9.88. The first-order valence-corrected chi connectivity index (χ1v) is 16.4. The first kappa shape index (κ1) is 34.6. The number of rotatable bonds is 10. The number of anilines is 2. The van der Waals surface area contributed by atoms with Crippen LogP contribution in [0.2, 0.25) is 0 Å². The van der Waals surface area contributed by atoms with Gasteiger partial charge in [-0.1, -0.05) is 60.2 Å². The van der Waals surface area contributed by atoms with Crippen molar-refractivity contribution in [2.24, 2.45) is 11.8 Å². The van der Waals surface area contributed by atoms with E-state index in [1.807, 2.05) is 43.3 Å². The first-order chi connectivity index (χ1) is 21.8. The van der Waals surface area contributed by atoms with Crippen LogP contribution in [0, 0.1) is 18.8 Å². The standard InChI is InChI=1S/C31H37N5O2S.C2HF3O2/c1-23-12-18-27(19-13-23)39(37,38)33-21-25-16-14-24(15-17-25)20-32-31-34-29-11-7-6-10-28(29)30(35-31)36(2)22-26-8-4-3-5-9-26;3-2(4,5)1(6)7/h3-13,18-19,24-25,33H,14-17,20-22H2,1-2H3,(H,32,34,35);(H,6,7). The molecular formula is C33H38F3N5O4S. The second kappa shape index (κ2) is 15.4. The molecule has 1 heterocycles. The van der Waals surface area contributed by atoms with Gasteiger partial charge in [0.1, 0.15) is 5.82 Å². The van der Waals surface area contributed by atoms with Crippen molar-refractivity contribution in [1.29, 1.82) is 0 Å². The Morgan fingerprint density at radius 3 is 2.07 bits per heavy atom. The number of carbonyl (C=O) groups is 1. The van der Waals surface area contributed by atoms with E-state index in [-0.39, 0.29) is 0 Å². The topological polar surface area (TPSA) is 125 Å². The Bertz CT molecular complexity index is 1700. The highest BCUT2D eigenvalue weighted by atomic mass is 32.2. The van der Waals surface area contributed by atoms with Crippen LogP contribution in [0.3, 0.4) is 0 Å². The second-order valence-electron chi connectivity index (χ2n) is 11.5. The molecule has 1 aliphatic rings. The van der Waals surface area contributed by atoms with Crippen molar-refractivity contribution in [3.05, 3.63) is 90.0 Å². The van der Waals surface area contributed by atoms with Crippen molar-refractivity contribution in [2.75, 3.05) is 30.4 Å². The molecule has 0 amide bonds. The quantitative estimate of drug-likeness (QED) is 0.179. The Balaban J connectivity index is 0.000000617. The molecule has 1 aromatic heterocycles. The van der Waals surface area contributed by atoms with E-state index in [0.717, 1.165) is 61.1 Å². The summed E-state index contributed by atoms with van der Waals surface area (Å²) in [6.07, 6.45) is -0.963. The van der Waals surface area contributed by atoms with Crippen molar-refractivity contribution in [3.63, 3.8) is 0 Å². The first-order valence-electron chi connectivity index (χ1n) is 14.9. The Morgan fingerprint density at radius 2 is 1.46 bits per heavy atom. The number of aromatic nitrogens is 2. The molecule has 5 rings (SSSR count). The number of benzene rings is 3. The average Bonchev–Trinajstić information content (AvgIpc) is 3.03. The summed E-state index contributed by atoms with van der Waals surface area (Å²) in [5.41, 5.74) is 3.20. The molecule has 246 valence electrons. The lowest BCUT2D eigenvalue weighted by molar-refractivity contribution is -0.192. The highest BCUT2D eigenvalue weighted by Gasteiger charge is 2.38. The summed E-state index contributed by atoms with van der Waals surface area (Å²) in [6, 6.07) is 25.5. The van der Waals surface area contributed by atoms with Gasteiger partial charge in [0.2, 0.25) is 16.0 Å². The van der Waals surface area contributed by atoms with Gasteiger partial charge in [0.25, 0.3) is 0 Å². The van der Waals surface area contributed by atoms with Crippen LogP contribution < -0.4 is 14.9 Å². The molecule has 9 nitrogen and oxygen atoms in total. The molecule has 0 aliphatic heterocycles. The predicted molar refractivity (Wildman–Crippen MR) is 172 cm³/mol. The highest BCUT2D eigenvalue weighted by molar-refractivity contribution is 7.89. The van der Waals surface area contributed by atoms with Gasteiger partial charge < -0.3 is 15.3 Å². The number of alkyl halides is 3. The largest absolute Gasteiger partial charge is 0.490 e. The summed E-state index contributed by atoms with van der Waals surface area (Å²) in [6.45, 7) is 4.01. The van der Waals surface area contributed by atoms with Crippen molar-refractivity contribution in [3.8, 4) is 0 Å². The molecule has 0 saturated heterocycles. The Kier molecular flexibility index (Phi) is 11.6. The van der Waals surface area contributed by atoms with E-state index in [4.69, 9.17) is 19.9 Å². The number of fused-ring (bicyclic) bond motifs is 1. The summed E-state index contributed by atoms with van der Waals surface area (Å²) in [4.78, 5) is 21.1. The predicted octanol–water partition coefficient (Wildman–Crippen LogP) is 6.40. The van der Waals surface area contributed by atoms with Gasteiger partial charge in [-0.3, -0.25) is 0 Å². The number of aryl methyl sites for hydroxylation is 1. The molecule has 3 aromatic carbocycles. The van der Waals surface area contributed by atoms with Crippen LogP contribution in [0.15, 0.2) is 83.8 Å². The third-order valence-corrected chi connectivity index (χ3v) is 9.30. The summed E-state index contributed by atoms with van der Waals surface area (Å²) >= 11 is 0. The lowest BCUT2D eigenvalue weighted by atomic mass is 9.82. The van der Waals surface area contributed by atoms with Crippen LogP contribution in [0.4, 0.5) is 24.9 Å². The van der Waals surface area contributed by atoms with E-state index in [9.17, 15) is 21.6 Å². The third-order valence-electron chi connectivity index (χ3n) is 7.86. The van der Waals surface area contributed by atoms with Crippen molar-refractivity contribution in [1.82, 2.24) is 14.7 Å². The molecular weight excluding hydrogens is 619 g/mol. The number of hydrogen-bond acceptors (Lipinski definition) is 7. The Morgan fingerprint density at radius 1 is 0.891 bits per heavy atom. The maximum atomic E-state index is 12.6. The van der Waals surface area contributed by atoms with E-state index in [0.29, 0.717) is 29.2 Å². The summed E-state index contributed by atoms with van der Waals surface area (Å²) in [5.74, 6) is -0.326. The molecule has 0 unspecified atom stereocenters. The van der Waals surface area contributed by atoms with Gasteiger partial charge in [0.05, 0.1) is 10.4 Å². The normalized spacial score (nSPS) is 16.7. The molecule has 0 spiro atoms. The van der Waals surface area contributed by atoms with Crippen LogP contribution in [-0.4, -0.2) is 55.8 Å². The Hall–Kier alpha value is -4.23. The maximum Gasteiger partial charge on any atom is 0.490 e. The van der Waals surface area contributed by atoms with Gasteiger partial charge in [-0.25, -0.2) is 22.9 Å². The lowest BCUT2D eigenvalue weighted by Crippen LogP contribution is -2.32. The average molecular weight is 658 g/mol. The molecule has 13 heteroatoms. The van der Waals surface area contributed by atoms with Crippen LogP contribution in [-0.2, 0) is 21.4 Å². The fourth-order valence-electron chi connectivity index (χ4n) is 5.27. The molecule has 4 aromatic rings. The van der Waals surface area contributed by atoms with Crippen molar-refractivity contribution < 1.29 is 31.5 Å². The zero-order valence-corrected chi connectivity index (χ0v) is 26.5. The number of halogens is 3. The number of hydrogen-bond donors (Lipinski definition) is 3. The molecule has 1 saturated carbocycles. The van der Waals surface area contributed by atoms with Gasteiger partial charge >= 0.3 is 12.1 Å². The van der Waals surface area contributed by atoms with Gasteiger partial charge in [-0.15, -0.1) is 0 Å². The number of carboxylic acids is 1. The van der Waals surface area contributed by atoms with Crippen molar-refractivity contribution in [2.45, 2.75) is 50.2 Å². The molecule has 0 atom stereocenters. The van der Waals surface area contributed by atoms with Crippen LogP contribution >= 0.6 is 0 Å². The fourth-order valence-corrected chi connectivity index (χ4v) is 6.38. The smallest absolute Gasteiger partial charge is 0.475 e. The number of carboxylic acid groups (broad SMARTS) is 1. The highest BCUT2D eigenvalue weighted by Crippen LogP contribution is 2.30. The molecule has 1 aliphatic carbocycles. The van der Waals surface area contributed by atoms with E-state index in [1.165, 1.54) is 5.56 Å². The zero-order valence-electron chi connectivity index (χ0n) is 25.7. The van der Waals surface area contributed by atoms with E-state index < -0.39 is 22.2 Å². The van der Waals surface area contributed by atoms with Crippen molar-refractivity contribution >= 4 is 38.7 Å². The maximum absolute atomic E-state index is 12.6. The minimum atomic E-state index is -5.08. The zero-order chi connectivity index (χ0) is 33.3. The SMILES string of the molecule is Cc1ccc(S(=O)(=O)NCC2CCC(CNc3nc(N(C)Cc4ccccc4)c4ccccc4n3)CC2)cc1.O=C(O)C(F)(F)F. The minimum Gasteiger partial charge on any atom is -0.475 e. The summed E-state index contributed by atoms with van der Waals surface area (Å²) in [5, 5.41) is 11.7. The fraction of sp³-hybridized carbons (Fsp3) is 0.364. The number of aliphatic carboxylic acids is 1. The number of nitrogens with zero attached hydrogens (tertiary/aromatic N) is 3. The second-order valence-corrected chi connectivity index (χ2v) is 13.2. The molecule has 0 radical (unpaired) electrons. The monoisotopic (exact) mass is 657 g/mol. The van der Waals surface area contributed by atoms with Gasteiger partial charge in [-0.2, -0.15) is 18.2 Å². The number of sulfonamides is 1. The van der Waals surface area contributed by atoms with E-state index >= 15 is 0 Å². The lowest BCUT2D eigenvalue weighted by Gasteiger charge is -2.29. The van der Waals surface area contributed by atoms with E-state index in [2.05, 4.69) is 52.3 Å². The molecule has 46 heavy (non-hydrogen) atoms. The molecule has 1 fully saturated rings. The van der Waals surface area contributed by atoms with Gasteiger partial charge in [-0.05, 0) is 74.3 Å². The van der Waals surface area contributed by atoms with Crippen LogP contribution in [0.5, 0.6) is 0 Å². The summed E-state index contributed by atoms with van der Waals surface area (Å²) in [7, 11) is -1.40. The van der Waals surface area contributed by atoms with E-state index in [1.54, 1.807) is 12.1 Å².